The van der Waals surface area contributed by atoms with E-state index >= 15 is 0 Å². The average molecular weight is 298 g/mol. The van der Waals surface area contributed by atoms with Gasteiger partial charge in [0.15, 0.2) is 0 Å². The van der Waals surface area contributed by atoms with Crippen molar-refractivity contribution < 1.29 is 4.74 Å². The molecule has 1 aliphatic carbocycles. The van der Waals surface area contributed by atoms with Gasteiger partial charge in [-0.15, -0.1) is 0 Å². The third kappa shape index (κ3) is 3.02. The molecule has 2 unspecified atom stereocenters. The number of hydrogen-bond donors (Lipinski definition) is 1. The topological polar surface area (TPSA) is 21.3 Å². The van der Waals surface area contributed by atoms with Gasteiger partial charge in [-0.3, -0.25) is 0 Å². The number of rotatable bonds is 5. The minimum atomic E-state index is 0.811. The maximum Gasteiger partial charge on any atom is 0.122 e. The van der Waals surface area contributed by atoms with Crippen LogP contribution in [-0.4, -0.2) is 20.7 Å². The summed E-state index contributed by atoms with van der Waals surface area (Å²) in [5.74, 6) is 2.66. The second-order valence-corrected chi connectivity index (χ2v) is 5.73. The predicted octanol–water partition coefficient (Wildman–Crippen LogP) is 3.25. The van der Waals surface area contributed by atoms with Crippen molar-refractivity contribution in [3.8, 4) is 5.75 Å². The summed E-state index contributed by atoms with van der Waals surface area (Å²) in [4.78, 5) is 0. The van der Waals surface area contributed by atoms with Gasteiger partial charge < -0.3 is 10.1 Å². The number of halogens is 1. The summed E-state index contributed by atoms with van der Waals surface area (Å²) in [6.07, 6.45) is 3.85. The first-order valence-corrected chi connectivity index (χ1v) is 7.01. The molecule has 0 saturated heterocycles. The first-order valence-electron chi connectivity index (χ1n) is 6.21. The Morgan fingerprint density at radius 2 is 2.12 bits per heavy atom. The molecule has 1 saturated carbocycles. The van der Waals surface area contributed by atoms with Gasteiger partial charge in [0, 0.05) is 4.47 Å². The molecule has 3 heteroatoms. The van der Waals surface area contributed by atoms with E-state index in [-0.39, 0.29) is 0 Å². The van der Waals surface area contributed by atoms with Gasteiger partial charge in [0.25, 0.3) is 0 Å². The van der Waals surface area contributed by atoms with Crippen molar-refractivity contribution in [2.24, 2.45) is 11.8 Å². The van der Waals surface area contributed by atoms with Crippen LogP contribution >= 0.6 is 15.9 Å². The van der Waals surface area contributed by atoms with Crippen LogP contribution in [0.2, 0.25) is 0 Å². The number of hydrogen-bond acceptors (Lipinski definition) is 2. The van der Waals surface area contributed by atoms with Gasteiger partial charge in [0.1, 0.15) is 5.75 Å². The molecule has 0 radical (unpaired) electrons. The maximum atomic E-state index is 5.43. The molecule has 1 aliphatic rings. The number of benzene rings is 1. The fraction of sp³-hybridized carbons (Fsp3) is 0.571. The van der Waals surface area contributed by atoms with Gasteiger partial charge in [0.2, 0.25) is 0 Å². The van der Waals surface area contributed by atoms with Crippen LogP contribution in [0.5, 0.6) is 5.75 Å². The largest absolute Gasteiger partial charge is 0.496 e. The molecular weight excluding hydrogens is 278 g/mol. The van der Waals surface area contributed by atoms with Gasteiger partial charge in [0.05, 0.1) is 7.11 Å². The Hall–Kier alpha value is -0.540. The van der Waals surface area contributed by atoms with Crippen molar-refractivity contribution >= 4 is 15.9 Å². The minimum Gasteiger partial charge on any atom is -0.496 e. The van der Waals surface area contributed by atoms with Crippen LogP contribution in [-0.2, 0) is 6.42 Å². The molecule has 1 N–H and O–H groups in total. The molecule has 1 aromatic carbocycles. The third-order valence-corrected chi connectivity index (χ3v) is 4.26. The smallest absolute Gasteiger partial charge is 0.122 e. The van der Waals surface area contributed by atoms with Crippen LogP contribution in [0.25, 0.3) is 0 Å². The first-order chi connectivity index (χ1) is 8.24. The van der Waals surface area contributed by atoms with E-state index in [1.54, 1.807) is 7.11 Å². The summed E-state index contributed by atoms with van der Waals surface area (Å²) in [6, 6.07) is 6.27. The summed E-state index contributed by atoms with van der Waals surface area (Å²) in [7, 11) is 3.79. The standard InChI is InChI=1S/C14H20BrNO/c1-16-9-11-4-3-10(11)7-12-8-13(15)5-6-14(12)17-2/h5-6,8,10-11,16H,3-4,7,9H2,1-2H3. The Morgan fingerprint density at radius 3 is 2.71 bits per heavy atom. The SMILES string of the molecule is CNCC1CCC1Cc1cc(Br)ccc1OC. The summed E-state index contributed by atoms with van der Waals surface area (Å²) >= 11 is 3.53. The molecule has 2 nitrogen and oxygen atoms in total. The fourth-order valence-electron chi connectivity index (χ4n) is 2.63. The van der Waals surface area contributed by atoms with Crippen molar-refractivity contribution in [2.75, 3.05) is 20.7 Å². The molecule has 2 atom stereocenters. The molecule has 1 aromatic rings. The zero-order valence-corrected chi connectivity index (χ0v) is 12.1. The lowest BCUT2D eigenvalue weighted by Crippen LogP contribution is -2.35. The van der Waals surface area contributed by atoms with E-state index in [9.17, 15) is 0 Å². The molecule has 1 fully saturated rings. The molecule has 0 aliphatic heterocycles. The van der Waals surface area contributed by atoms with Gasteiger partial charge >= 0.3 is 0 Å². The lowest BCUT2D eigenvalue weighted by atomic mass is 9.70. The molecule has 0 aromatic heterocycles. The van der Waals surface area contributed by atoms with E-state index in [1.165, 1.54) is 18.4 Å². The van der Waals surface area contributed by atoms with E-state index in [0.29, 0.717) is 0 Å². The van der Waals surface area contributed by atoms with Crippen molar-refractivity contribution in [1.82, 2.24) is 5.32 Å². The van der Waals surface area contributed by atoms with Gasteiger partial charge in [-0.05, 0) is 68.5 Å². The summed E-state index contributed by atoms with van der Waals surface area (Å²) in [6.45, 7) is 1.14. The normalized spacial score (nSPS) is 23.2. The summed E-state index contributed by atoms with van der Waals surface area (Å²) in [5, 5.41) is 3.28. The quantitative estimate of drug-likeness (QED) is 0.901. The highest BCUT2D eigenvalue weighted by Gasteiger charge is 2.30. The van der Waals surface area contributed by atoms with E-state index in [2.05, 4.69) is 27.3 Å². The molecule has 0 spiro atoms. The highest BCUT2D eigenvalue weighted by atomic mass is 79.9. The highest BCUT2D eigenvalue weighted by molar-refractivity contribution is 9.10. The monoisotopic (exact) mass is 297 g/mol. The Morgan fingerprint density at radius 1 is 1.35 bits per heavy atom. The minimum absolute atomic E-state index is 0.811. The van der Waals surface area contributed by atoms with Crippen molar-refractivity contribution in [1.29, 1.82) is 0 Å². The van der Waals surface area contributed by atoms with E-state index < -0.39 is 0 Å². The molecule has 0 amide bonds. The van der Waals surface area contributed by atoms with E-state index in [1.807, 2.05) is 19.2 Å². The van der Waals surface area contributed by atoms with Crippen LogP contribution in [0, 0.1) is 11.8 Å². The predicted molar refractivity (Wildman–Crippen MR) is 74.5 cm³/mol. The van der Waals surface area contributed by atoms with Gasteiger partial charge in [-0.1, -0.05) is 15.9 Å². The van der Waals surface area contributed by atoms with E-state index in [4.69, 9.17) is 4.74 Å². The van der Waals surface area contributed by atoms with E-state index in [0.717, 1.165) is 35.0 Å². The second-order valence-electron chi connectivity index (χ2n) is 4.82. The summed E-state index contributed by atoms with van der Waals surface area (Å²) in [5.41, 5.74) is 1.33. The van der Waals surface area contributed by atoms with Crippen LogP contribution in [0.4, 0.5) is 0 Å². The molecule has 0 heterocycles. The number of ether oxygens (including phenoxy) is 1. The van der Waals surface area contributed by atoms with Crippen molar-refractivity contribution in [2.45, 2.75) is 19.3 Å². The molecule has 0 bridgehead atoms. The summed E-state index contributed by atoms with van der Waals surface area (Å²) < 4.78 is 6.57. The first kappa shape index (κ1) is 12.9. The van der Waals surface area contributed by atoms with Gasteiger partial charge in [-0.25, -0.2) is 0 Å². The lowest BCUT2D eigenvalue weighted by molar-refractivity contribution is 0.173. The number of methoxy groups -OCH3 is 1. The Kier molecular flexibility index (Phi) is 4.46. The molecule has 2 rings (SSSR count). The molecular formula is C14H20BrNO. The van der Waals surface area contributed by atoms with Crippen LogP contribution in [0.15, 0.2) is 22.7 Å². The second kappa shape index (κ2) is 5.87. The van der Waals surface area contributed by atoms with Crippen molar-refractivity contribution in [3.63, 3.8) is 0 Å². The Labute approximate surface area is 112 Å². The fourth-order valence-corrected chi connectivity index (χ4v) is 3.04. The zero-order valence-electron chi connectivity index (χ0n) is 10.5. The lowest BCUT2D eigenvalue weighted by Gasteiger charge is -2.37. The highest BCUT2D eigenvalue weighted by Crippen LogP contribution is 2.38. The number of nitrogens with one attached hydrogen (secondary N) is 1. The zero-order chi connectivity index (χ0) is 12.3. The van der Waals surface area contributed by atoms with Crippen LogP contribution < -0.4 is 10.1 Å². The third-order valence-electron chi connectivity index (χ3n) is 3.77. The Bertz CT molecular complexity index is 380. The Balaban J connectivity index is 2.05. The molecule has 17 heavy (non-hydrogen) atoms. The van der Waals surface area contributed by atoms with Crippen molar-refractivity contribution in [3.05, 3.63) is 28.2 Å². The average Bonchev–Trinajstić information content (AvgIpc) is 2.32. The van der Waals surface area contributed by atoms with Gasteiger partial charge in [-0.2, -0.15) is 0 Å². The van der Waals surface area contributed by atoms with Crippen LogP contribution in [0.3, 0.4) is 0 Å². The maximum absolute atomic E-state index is 5.43. The van der Waals surface area contributed by atoms with Crippen LogP contribution in [0.1, 0.15) is 18.4 Å². The molecule has 94 valence electrons.